The van der Waals surface area contributed by atoms with Gasteiger partial charge in [0, 0.05) is 29.9 Å². The SMILES string of the molecule is O=C(Cc1cnc2ccccc2c1)NCc1ccc[nH]c1=O. The summed E-state index contributed by atoms with van der Waals surface area (Å²) in [6.45, 7) is 0.218. The van der Waals surface area contributed by atoms with Gasteiger partial charge in [0.25, 0.3) is 5.56 Å². The van der Waals surface area contributed by atoms with Gasteiger partial charge in [0.1, 0.15) is 0 Å². The molecule has 0 radical (unpaired) electrons. The van der Waals surface area contributed by atoms with Gasteiger partial charge >= 0.3 is 0 Å². The van der Waals surface area contributed by atoms with Crippen molar-refractivity contribution in [2.24, 2.45) is 0 Å². The molecule has 0 bridgehead atoms. The molecular formula is C17H15N3O2. The Morgan fingerprint density at radius 1 is 1.18 bits per heavy atom. The minimum absolute atomic E-state index is 0.139. The zero-order valence-electron chi connectivity index (χ0n) is 11.9. The van der Waals surface area contributed by atoms with Crippen LogP contribution >= 0.6 is 0 Å². The number of rotatable bonds is 4. The van der Waals surface area contributed by atoms with Gasteiger partial charge < -0.3 is 10.3 Å². The molecule has 0 spiro atoms. The summed E-state index contributed by atoms with van der Waals surface area (Å²) in [4.78, 5) is 30.4. The number of pyridine rings is 2. The molecule has 0 aliphatic carbocycles. The number of carbonyl (C=O) groups excluding carboxylic acids is 1. The van der Waals surface area contributed by atoms with Crippen molar-refractivity contribution in [3.63, 3.8) is 0 Å². The molecule has 5 nitrogen and oxygen atoms in total. The van der Waals surface area contributed by atoms with E-state index >= 15 is 0 Å². The van der Waals surface area contributed by atoms with Crippen molar-refractivity contribution in [3.8, 4) is 0 Å². The lowest BCUT2D eigenvalue weighted by Gasteiger charge is -2.05. The molecule has 2 heterocycles. The molecule has 3 aromatic rings. The summed E-state index contributed by atoms with van der Waals surface area (Å²) in [5, 5.41) is 3.76. The number of fused-ring (bicyclic) bond motifs is 1. The van der Waals surface area contributed by atoms with E-state index in [1.165, 1.54) is 0 Å². The molecule has 0 unspecified atom stereocenters. The molecule has 1 amide bonds. The minimum atomic E-state index is -0.185. The Bertz CT molecular complexity index is 871. The van der Waals surface area contributed by atoms with E-state index in [0.717, 1.165) is 16.5 Å². The second kappa shape index (κ2) is 6.22. The van der Waals surface area contributed by atoms with Crippen molar-refractivity contribution >= 4 is 16.8 Å². The normalized spacial score (nSPS) is 10.5. The molecule has 2 N–H and O–H groups in total. The summed E-state index contributed by atoms with van der Waals surface area (Å²) >= 11 is 0. The first-order valence-electron chi connectivity index (χ1n) is 6.99. The number of hydrogen-bond acceptors (Lipinski definition) is 3. The number of para-hydroxylation sites is 1. The monoisotopic (exact) mass is 293 g/mol. The van der Waals surface area contributed by atoms with Gasteiger partial charge in [-0.1, -0.05) is 24.3 Å². The molecule has 0 aliphatic heterocycles. The summed E-state index contributed by atoms with van der Waals surface area (Å²) in [6, 6.07) is 13.1. The molecule has 0 saturated heterocycles. The van der Waals surface area contributed by atoms with Crippen LogP contribution in [0.1, 0.15) is 11.1 Å². The molecule has 0 aliphatic rings. The van der Waals surface area contributed by atoms with Crippen molar-refractivity contribution in [3.05, 3.63) is 76.3 Å². The number of aromatic amines is 1. The number of nitrogens with one attached hydrogen (secondary N) is 2. The van der Waals surface area contributed by atoms with Gasteiger partial charge in [-0.2, -0.15) is 0 Å². The van der Waals surface area contributed by atoms with E-state index in [0.29, 0.717) is 5.56 Å². The third kappa shape index (κ3) is 3.20. The van der Waals surface area contributed by atoms with Crippen LogP contribution in [0.5, 0.6) is 0 Å². The third-order valence-electron chi connectivity index (χ3n) is 3.39. The number of nitrogens with zero attached hydrogens (tertiary/aromatic N) is 1. The van der Waals surface area contributed by atoms with Gasteiger partial charge in [0.2, 0.25) is 5.91 Å². The van der Waals surface area contributed by atoms with Crippen molar-refractivity contribution in [2.45, 2.75) is 13.0 Å². The second-order valence-corrected chi connectivity index (χ2v) is 5.01. The molecular weight excluding hydrogens is 278 g/mol. The maximum Gasteiger partial charge on any atom is 0.252 e. The standard InChI is InChI=1S/C17H15N3O2/c21-16(20-11-14-5-3-7-18-17(14)22)9-12-8-13-4-1-2-6-15(13)19-10-12/h1-8,10H,9,11H2,(H,18,22)(H,20,21). The van der Waals surface area contributed by atoms with E-state index in [-0.39, 0.29) is 24.4 Å². The lowest BCUT2D eigenvalue weighted by Crippen LogP contribution is -2.27. The van der Waals surface area contributed by atoms with Crippen LogP contribution in [0, 0.1) is 0 Å². The molecule has 2 aromatic heterocycles. The zero-order valence-corrected chi connectivity index (χ0v) is 11.9. The summed E-state index contributed by atoms with van der Waals surface area (Å²) < 4.78 is 0. The molecule has 3 rings (SSSR count). The third-order valence-corrected chi connectivity index (χ3v) is 3.39. The van der Waals surface area contributed by atoms with Crippen LogP contribution in [0.4, 0.5) is 0 Å². The Balaban J connectivity index is 1.65. The van der Waals surface area contributed by atoms with E-state index in [4.69, 9.17) is 0 Å². The lowest BCUT2D eigenvalue weighted by molar-refractivity contribution is -0.120. The minimum Gasteiger partial charge on any atom is -0.352 e. The Morgan fingerprint density at radius 3 is 2.91 bits per heavy atom. The number of hydrogen-bond donors (Lipinski definition) is 2. The van der Waals surface area contributed by atoms with Gasteiger partial charge in [-0.15, -0.1) is 0 Å². The highest BCUT2D eigenvalue weighted by Crippen LogP contribution is 2.12. The smallest absolute Gasteiger partial charge is 0.252 e. The topological polar surface area (TPSA) is 74.8 Å². The fourth-order valence-electron chi connectivity index (χ4n) is 2.25. The molecule has 0 atom stereocenters. The van der Waals surface area contributed by atoms with Gasteiger partial charge in [-0.3, -0.25) is 14.6 Å². The Labute approximate surface area is 127 Å². The summed E-state index contributed by atoms with van der Waals surface area (Å²) in [6.07, 6.45) is 3.51. The second-order valence-electron chi connectivity index (χ2n) is 5.01. The summed E-state index contributed by atoms with van der Waals surface area (Å²) in [5.74, 6) is -0.139. The van der Waals surface area contributed by atoms with Crippen molar-refractivity contribution in [2.75, 3.05) is 0 Å². The molecule has 0 fully saturated rings. The van der Waals surface area contributed by atoms with Crippen LogP contribution in [-0.4, -0.2) is 15.9 Å². The maximum absolute atomic E-state index is 12.0. The van der Waals surface area contributed by atoms with Crippen LogP contribution in [0.2, 0.25) is 0 Å². The van der Waals surface area contributed by atoms with Crippen LogP contribution < -0.4 is 10.9 Å². The average Bonchev–Trinajstić information content (AvgIpc) is 2.54. The van der Waals surface area contributed by atoms with Gasteiger partial charge in [-0.25, -0.2) is 0 Å². The summed E-state index contributed by atoms with van der Waals surface area (Å²) in [5.41, 5.74) is 2.10. The predicted octanol–water partition coefficient (Wildman–Crippen LogP) is 1.78. The van der Waals surface area contributed by atoms with E-state index in [1.54, 1.807) is 24.5 Å². The first kappa shape index (κ1) is 14.0. The fraction of sp³-hybridized carbons (Fsp3) is 0.118. The van der Waals surface area contributed by atoms with Crippen molar-refractivity contribution < 1.29 is 4.79 Å². The first-order chi connectivity index (χ1) is 10.7. The number of benzene rings is 1. The first-order valence-corrected chi connectivity index (χ1v) is 6.99. The van der Waals surface area contributed by atoms with E-state index in [1.807, 2.05) is 30.3 Å². The van der Waals surface area contributed by atoms with E-state index < -0.39 is 0 Å². The van der Waals surface area contributed by atoms with Crippen LogP contribution in [0.15, 0.2) is 59.7 Å². The average molecular weight is 293 g/mol. The van der Waals surface area contributed by atoms with Crippen LogP contribution in [0.25, 0.3) is 10.9 Å². The van der Waals surface area contributed by atoms with Crippen molar-refractivity contribution in [1.82, 2.24) is 15.3 Å². The Kier molecular flexibility index (Phi) is 3.96. The number of H-pyrrole nitrogens is 1. The van der Waals surface area contributed by atoms with Crippen LogP contribution in [-0.2, 0) is 17.8 Å². The molecule has 5 heteroatoms. The highest BCUT2D eigenvalue weighted by Gasteiger charge is 2.06. The van der Waals surface area contributed by atoms with E-state index in [9.17, 15) is 9.59 Å². The van der Waals surface area contributed by atoms with Gasteiger partial charge in [0.05, 0.1) is 11.9 Å². The van der Waals surface area contributed by atoms with E-state index in [2.05, 4.69) is 15.3 Å². The molecule has 110 valence electrons. The molecule has 1 aromatic carbocycles. The highest BCUT2D eigenvalue weighted by molar-refractivity contribution is 5.82. The lowest BCUT2D eigenvalue weighted by atomic mass is 10.1. The number of aromatic nitrogens is 2. The van der Waals surface area contributed by atoms with Crippen molar-refractivity contribution in [1.29, 1.82) is 0 Å². The number of carbonyl (C=O) groups is 1. The quantitative estimate of drug-likeness (QED) is 0.770. The Hall–Kier alpha value is -2.95. The van der Waals surface area contributed by atoms with Gasteiger partial charge in [-0.05, 0) is 23.8 Å². The highest BCUT2D eigenvalue weighted by atomic mass is 16.1. The number of amides is 1. The summed E-state index contributed by atoms with van der Waals surface area (Å²) in [7, 11) is 0. The molecule has 0 saturated carbocycles. The largest absolute Gasteiger partial charge is 0.352 e. The Morgan fingerprint density at radius 2 is 2.05 bits per heavy atom. The molecule has 22 heavy (non-hydrogen) atoms. The fourth-order valence-corrected chi connectivity index (χ4v) is 2.25. The predicted molar refractivity (Wildman–Crippen MR) is 84.4 cm³/mol. The van der Waals surface area contributed by atoms with Crippen LogP contribution in [0.3, 0.4) is 0 Å². The maximum atomic E-state index is 12.0. The zero-order chi connectivity index (χ0) is 15.4. The van der Waals surface area contributed by atoms with Gasteiger partial charge in [0.15, 0.2) is 0 Å².